The highest BCUT2D eigenvalue weighted by molar-refractivity contribution is 5.75. The molecule has 0 fully saturated rings. The topological polar surface area (TPSA) is 63.9 Å². The Morgan fingerprint density at radius 3 is 2.58 bits per heavy atom. The SMILES string of the molecule is CCc1ccc(CN(C)C(=O)Cn2nnc(-c3cccc(F)c3)n2)cc1. The first kappa shape index (κ1) is 17.7. The molecule has 3 aromatic rings. The molecule has 1 amide bonds. The van der Waals surface area contributed by atoms with Gasteiger partial charge in [-0.25, -0.2) is 4.39 Å². The summed E-state index contributed by atoms with van der Waals surface area (Å²) in [6.45, 7) is 2.59. The van der Waals surface area contributed by atoms with E-state index in [0.29, 0.717) is 12.1 Å². The number of aryl methyl sites for hydroxylation is 1. The molecule has 0 aliphatic heterocycles. The zero-order chi connectivity index (χ0) is 18.5. The first-order valence-electron chi connectivity index (χ1n) is 8.40. The van der Waals surface area contributed by atoms with Gasteiger partial charge in [0.2, 0.25) is 11.7 Å². The van der Waals surface area contributed by atoms with Gasteiger partial charge in [-0.05, 0) is 34.9 Å². The smallest absolute Gasteiger partial charge is 0.246 e. The molecule has 134 valence electrons. The molecule has 0 unspecified atom stereocenters. The van der Waals surface area contributed by atoms with Gasteiger partial charge in [0.1, 0.15) is 12.4 Å². The first-order chi connectivity index (χ1) is 12.5. The third-order valence-electron chi connectivity index (χ3n) is 4.09. The van der Waals surface area contributed by atoms with E-state index in [4.69, 9.17) is 0 Å². The molecule has 6 nitrogen and oxygen atoms in total. The van der Waals surface area contributed by atoms with Crippen LogP contribution in [0.4, 0.5) is 4.39 Å². The molecule has 0 saturated heterocycles. The van der Waals surface area contributed by atoms with Crippen molar-refractivity contribution in [1.82, 2.24) is 25.1 Å². The van der Waals surface area contributed by atoms with Crippen molar-refractivity contribution in [3.8, 4) is 11.4 Å². The maximum atomic E-state index is 13.3. The highest BCUT2D eigenvalue weighted by Crippen LogP contribution is 2.14. The van der Waals surface area contributed by atoms with Crippen molar-refractivity contribution in [2.45, 2.75) is 26.4 Å². The lowest BCUT2D eigenvalue weighted by Gasteiger charge is -2.17. The van der Waals surface area contributed by atoms with Gasteiger partial charge in [-0.2, -0.15) is 4.80 Å². The Morgan fingerprint density at radius 1 is 1.15 bits per heavy atom. The Bertz CT molecular complexity index is 891. The summed E-state index contributed by atoms with van der Waals surface area (Å²) in [6, 6.07) is 14.1. The molecule has 1 heterocycles. The van der Waals surface area contributed by atoms with Crippen molar-refractivity contribution < 1.29 is 9.18 Å². The Labute approximate surface area is 151 Å². The number of hydrogen-bond acceptors (Lipinski definition) is 4. The van der Waals surface area contributed by atoms with Crippen LogP contribution in [0.5, 0.6) is 0 Å². The van der Waals surface area contributed by atoms with E-state index in [1.165, 1.54) is 22.5 Å². The van der Waals surface area contributed by atoms with Crippen molar-refractivity contribution in [1.29, 1.82) is 0 Å². The lowest BCUT2D eigenvalue weighted by Crippen LogP contribution is -2.30. The average molecular weight is 353 g/mol. The van der Waals surface area contributed by atoms with Gasteiger partial charge in [0.15, 0.2) is 0 Å². The molecule has 0 spiro atoms. The van der Waals surface area contributed by atoms with Crippen LogP contribution in [0.15, 0.2) is 48.5 Å². The Hall–Kier alpha value is -3.09. The summed E-state index contributed by atoms with van der Waals surface area (Å²) in [5.74, 6) is -0.216. The molecule has 0 N–H and O–H groups in total. The molecular formula is C19H20FN5O. The number of benzene rings is 2. The van der Waals surface area contributed by atoms with Crippen molar-refractivity contribution >= 4 is 5.91 Å². The van der Waals surface area contributed by atoms with E-state index < -0.39 is 0 Å². The zero-order valence-corrected chi connectivity index (χ0v) is 14.8. The molecule has 7 heteroatoms. The summed E-state index contributed by atoms with van der Waals surface area (Å²) in [5, 5.41) is 11.9. The molecule has 0 bridgehead atoms. The van der Waals surface area contributed by atoms with Crippen molar-refractivity contribution in [3.05, 3.63) is 65.5 Å². The number of amides is 1. The van der Waals surface area contributed by atoms with Crippen LogP contribution < -0.4 is 0 Å². The van der Waals surface area contributed by atoms with Crippen LogP contribution in [0.25, 0.3) is 11.4 Å². The molecule has 0 atom stereocenters. The number of carbonyl (C=O) groups excluding carboxylic acids is 1. The highest BCUT2D eigenvalue weighted by Gasteiger charge is 2.13. The average Bonchev–Trinajstić information content (AvgIpc) is 3.11. The first-order valence-corrected chi connectivity index (χ1v) is 8.40. The van der Waals surface area contributed by atoms with Crippen LogP contribution in [0.2, 0.25) is 0 Å². The molecule has 3 rings (SSSR count). The summed E-state index contributed by atoms with van der Waals surface area (Å²) in [7, 11) is 1.74. The third-order valence-corrected chi connectivity index (χ3v) is 4.09. The standard InChI is InChI=1S/C19H20FN5O/c1-3-14-7-9-15(10-8-14)12-24(2)18(26)13-25-22-19(21-23-25)16-5-4-6-17(20)11-16/h4-11H,3,12-13H2,1-2H3. The van der Waals surface area contributed by atoms with E-state index in [0.717, 1.165) is 12.0 Å². The quantitative estimate of drug-likeness (QED) is 0.683. The van der Waals surface area contributed by atoms with E-state index >= 15 is 0 Å². The van der Waals surface area contributed by atoms with Crippen molar-refractivity contribution in [2.24, 2.45) is 0 Å². The lowest BCUT2D eigenvalue weighted by molar-refractivity contribution is -0.131. The molecule has 0 aliphatic rings. The van der Waals surface area contributed by atoms with Gasteiger partial charge in [0.25, 0.3) is 0 Å². The van der Waals surface area contributed by atoms with Crippen LogP contribution in [0, 0.1) is 5.82 Å². The summed E-state index contributed by atoms with van der Waals surface area (Å²) >= 11 is 0. The van der Waals surface area contributed by atoms with Gasteiger partial charge in [-0.3, -0.25) is 4.79 Å². The van der Waals surface area contributed by atoms with Crippen molar-refractivity contribution in [3.63, 3.8) is 0 Å². The minimum Gasteiger partial charge on any atom is -0.340 e. The van der Waals surface area contributed by atoms with Crippen LogP contribution in [0.1, 0.15) is 18.1 Å². The predicted molar refractivity (Wildman–Crippen MR) is 95.5 cm³/mol. The summed E-state index contributed by atoms with van der Waals surface area (Å²) in [4.78, 5) is 15.2. The highest BCUT2D eigenvalue weighted by atomic mass is 19.1. The minimum atomic E-state index is -0.372. The molecular weight excluding hydrogens is 333 g/mol. The number of rotatable bonds is 6. The zero-order valence-electron chi connectivity index (χ0n) is 14.8. The minimum absolute atomic E-state index is 0.0220. The lowest BCUT2D eigenvalue weighted by atomic mass is 10.1. The van der Waals surface area contributed by atoms with Gasteiger partial charge in [-0.1, -0.05) is 43.3 Å². The number of halogens is 1. The number of aromatic nitrogens is 4. The van der Waals surface area contributed by atoms with E-state index in [1.807, 2.05) is 12.1 Å². The van der Waals surface area contributed by atoms with Crippen molar-refractivity contribution in [2.75, 3.05) is 7.05 Å². The van der Waals surface area contributed by atoms with E-state index in [1.54, 1.807) is 24.1 Å². The summed E-state index contributed by atoms with van der Waals surface area (Å²) in [5.41, 5.74) is 2.84. The molecule has 0 radical (unpaired) electrons. The van der Waals surface area contributed by atoms with Gasteiger partial charge in [0.05, 0.1) is 0 Å². The number of carbonyl (C=O) groups is 1. The fourth-order valence-corrected chi connectivity index (χ4v) is 2.54. The second-order valence-corrected chi connectivity index (χ2v) is 6.07. The molecule has 0 saturated carbocycles. The Kier molecular flexibility index (Phi) is 5.36. The molecule has 1 aromatic heterocycles. The molecule has 2 aromatic carbocycles. The largest absolute Gasteiger partial charge is 0.340 e. The second kappa shape index (κ2) is 7.86. The fourth-order valence-electron chi connectivity index (χ4n) is 2.54. The maximum absolute atomic E-state index is 13.3. The molecule has 0 aliphatic carbocycles. The number of hydrogen-bond donors (Lipinski definition) is 0. The van der Waals surface area contributed by atoms with Gasteiger partial charge >= 0.3 is 0 Å². The maximum Gasteiger partial charge on any atom is 0.246 e. The van der Waals surface area contributed by atoms with Crippen LogP contribution in [-0.4, -0.2) is 38.1 Å². The van der Waals surface area contributed by atoms with Gasteiger partial charge in [0, 0.05) is 19.2 Å². The summed E-state index contributed by atoms with van der Waals surface area (Å²) < 4.78 is 13.3. The monoisotopic (exact) mass is 353 g/mol. The normalized spacial score (nSPS) is 10.7. The number of tetrazole rings is 1. The second-order valence-electron chi connectivity index (χ2n) is 6.07. The van der Waals surface area contributed by atoms with E-state index in [-0.39, 0.29) is 24.1 Å². The Balaban J connectivity index is 1.62. The number of nitrogens with zero attached hydrogens (tertiary/aromatic N) is 5. The predicted octanol–water partition coefficient (Wildman–Crippen LogP) is 2.70. The van der Waals surface area contributed by atoms with Crippen LogP contribution in [-0.2, 0) is 24.3 Å². The van der Waals surface area contributed by atoms with Crippen LogP contribution >= 0.6 is 0 Å². The fraction of sp³-hybridized carbons (Fsp3) is 0.263. The van der Waals surface area contributed by atoms with Gasteiger partial charge in [-0.15, -0.1) is 10.2 Å². The number of likely N-dealkylation sites (N-methyl/N-ethyl adjacent to an activating group) is 1. The van der Waals surface area contributed by atoms with Crippen LogP contribution in [0.3, 0.4) is 0 Å². The summed E-state index contributed by atoms with van der Waals surface area (Å²) in [6.07, 6.45) is 0.987. The third kappa shape index (κ3) is 4.30. The van der Waals surface area contributed by atoms with E-state index in [2.05, 4.69) is 34.5 Å². The Morgan fingerprint density at radius 2 is 1.88 bits per heavy atom. The van der Waals surface area contributed by atoms with E-state index in [9.17, 15) is 9.18 Å². The molecule has 26 heavy (non-hydrogen) atoms. The van der Waals surface area contributed by atoms with Gasteiger partial charge < -0.3 is 4.90 Å².